The van der Waals surface area contributed by atoms with E-state index in [2.05, 4.69) is 10.6 Å². The van der Waals surface area contributed by atoms with E-state index in [4.69, 9.17) is 0 Å². The van der Waals surface area contributed by atoms with E-state index in [0.717, 1.165) is 25.9 Å². The number of piperazine rings is 1. The van der Waals surface area contributed by atoms with Gasteiger partial charge in [-0.1, -0.05) is 0 Å². The van der Waals surface area contributed by atoms with E-state index in [1.807, 2.05) is 0 Å². The lowest BCUT2D eigenvalue weighted by Crippen LogP contribution is -2.52. The van der Waals surface area contributed by atoms with Crippen LogP contribution in [-0.2, 0) is 4.79 Å². The predicted octanol–water partition coefficient (Wildman–Crippen LogP) is -0.778. The van der Waals surface area contributed by atoms with Gasteiger partial charge in [0.1, 0.15) is 6.54 Å². The number of urea groups is 1. The van der Waals surface area contributed by atoms with Crippen LogP contribution in [0.4, 0.5) is 4.79 Å². The summed E-state index contributed by atoms with van der Waals surface area (Å²) < 4.78 is 0. The van der Waals surface area contributed by atoms with Crippen LogP contribution in [-0.4, -0.2) is 67.6 Å². The first kappa shape index (κ1) is 12.2. The van der Waals surface area contributed by atoms with Crippen LogP contribution in [0.2, 0.25) is 0 Å². The largest absolute Gasteiger partial charge is 0.352 e. The Morgan fingerprint density at radius 2 is 2.00 bits per heavy atom. The van der Waals surface area contributed by atoms with Gasteiger partial charge in [-0.2, -0.15) is 0 Å². The second-order valence-corrected chi connectivity index (χ2v) is 4.72. The summed E-state index contributed by atoms with van der Waals surface area (Å²) in [4.78, 5) is 26.8. The number of hydrogen-bond acceptors (Lipinski definition) is 3. The number of nitrogens with one attached hydrogen (secondary N) is 2. The first-order chi connectivity index (χ1) is 8.16. The van der Waals surface area contributed by atoms with Gasteiger partial charge in [-0.3, -0.25) is 4.79 Å². The molecule has 6 heteroatoms. The second kappa shape index (κ2) is 5.35. The molecule has 1 saturated heterocycles. The maximum absolute atomic E-state index is 12.0. The Hall–Kier alpha value is -1.30. The number of amides is 3. The molecule has 6 nitrogen and oxygen atoms in total. The van der Waals surface area contributed by atoms with Crippen LogP contribution < -0.4 is 10.6 Å². The Bertz CT molecular complexity index is 298. The van der Waals surface area contributed by atoms with Gasteiger partial charge in [0.2, 0.25) is 5.91 Å². The van der Waals surface area contributed by atoms with E-state index in [-0.39, 0.29) is 18.5 Å². The Balaban J connectivity index is 1.74. The summed E-state index contributed by atoms with van der Waals surface area (Å²) >= 11 is 0. The molecule has 2 aliphatic rings. The fourth-order valence-electron chi connectivity index (χ4n) is 1.88. The molecule has 0 aromatic heterocycles. The number of hydrogen-bond donors (Lipinski definition) is 2. The molecule has 1 aliphatic heterocycles. The van der Waals surface area contributed by atoms with Gasteiger partial charge in [0.25, 0.3) is 0 Å². The zero-order valence-electron chi connectivity index (χ0n) is 10.2. The number of rotatable bonds is 3. The van der Waals surface area contributed by atoms with Crippen molar-refractivity contribution < 1.29 is 9.59 Å². The van der Waals surface area contributed by atoms with E-state index in [1.165, 1.54) is 4.90 Å². The molecule has 2 N–H and O–H groups in total. The zero-order chi connectivity index (χ0) is 12.3. The van der Waals surface area contributed by atoms with Crippen LogP contribution in [0.25, 0.3) is 0 Å². The standard InChI is InChI=1S/C11H20N4O2/c1-14(8-10(16)13-9-2-3-9)11(17)15-6-4-12-5-7-15/h9,12H,2-8H2,1H3,(H,13,16). The highest BCUT2D eigenvalue weighted by molar-refractivity contribution is 5.84. The van der Waals surface area contributed by atoms with Crippen LogP contribution in [0.1, 0.15) is 12.8 Å². The summed E-state index contributed by atoms with van der Waals surface area (Å²) in [5.41, 5.74) is 0. The molecule has 0 bridgehead atoms. The van der Waals surface area contributed by atoms with Crippen LogP contribution >= 0.6 is 0 Å². The van der Waals surface area contributed by atoms with Gasteiger partial charge >= 0.3 is 6.03 Å². The third-order valence-electron chi connectivity index (χ3n) is 3.04. The average molecular weight is 240 g/mol. The number of carbonyl (C=O) groups excluding carboxylic acids is 2. The molecule has 1 heterocycles. The lowest BCUT2D eigenvalue weighted by atomic mass is 10.4. The second-order valence-electron chi connectivity index (χ2n) is 4.72. The highest BCUT2D eigenvalue weighted by atomic mass is 16.2. The maximum atomic E-state index is 12.0. The highest BCUT2D eigenvalue weighted by Gasteiger charge is 2.25. The quantitative estimate of drug-likeness (QED) is 0.680. The molecule has 0 atom stereocenters. The summed E-state index contributed by atoms with van der Waals surface area (Å²) in [5, 5.41) is 6.07. The van der Waals surface area contributed by atoms with Crippen molar-refractivity contribution >= 4 is 11.9 Å². The normalized spacial score (nSPS) is 19.9. The summed E-state index contributed by atoms with van der Waals surface area (Å²) in [6, 6.07) is 0.294. The zero-order valence-corrected chi connectivity index (χ0v) is 10.2. The monoisotopic (exact) mass is 240 g/mol. The summed E-state index contributed by atoms with van der Waals surface area (Å²) in [5.74, 6) is -0.0570. The third-order valence-corrected chi connectivity index (χ3v) is 3.04. The molecule has 0 unspecified atom stereocenters. The van der Waals surface area contributed by atoms with Crippen LogP contribution in [0.3, 0.4) is 0 Å². The first-order valence-corrected chi connectivity index (χ1v) is 6.17. The summed E-state index contributed by atoms with van der Waals surface area (Å²) in [7, 11) is 1.68. The van der Waals surface area contributed by atoms with Crippen LogP contribution in [0, 0.1) is 0 Å². The van der Waals surface area contributed by atoms with Gasteiger partial charge in [-0.15, -0.1) is 0 Å². The molecule has 0 aromatic carbocycles. The maximum Gasteiger partial charge on any atom is 0.320 e. The molecular weight excluding hydrogens is 220 g/mol. The first-order valence-electron chi connectivity index (χ1n) is 6.17. The molecule has 0 radical (unpaired) electrons. The Labute approximate surface area is 101 Å². The molecule has 17 heavy (non-hydrogen) atoms. The Morgan fingerprint density at radius 3 is 2.59 bits per heavy atom. The molecule has 3 amide bonds. The van der Waals surface area contributed by atoms with E-state index in [1.54, 1.807) is 11.9 Å². The van der Waals surface area contributed by atoms with Gasteiger partial charge in [-0.25, -0.2) is 4.79 Å². The lowest BCUT2D eigenvalue weighted by Gasteiger charge is -2.31. The average Bonchev–Trinajstić information content (AvgIpc) is 3.12. The summed E-state index contributed by atoms with van der Waals surface area (Å²) in [6.45, 7) is 3.24. The van der Waals surface area contributed by atoms with Crippen molar-refractivity contribution in [3.63, 3.8) is 0 Å². The van der Waals surface area contributed by atoms with E-state index in [0.29, 0.717) is 19.1 Å². The topological polar surface area (TPSA) is 64.7 Å². The van der Waals surface area contributed by atoms with Crippen LogP contribution in [0.15, 0.2) is 0 Å². The molecule has 1 aliphatic carbocycles. The van der Waals surface area contributed by atoms with Gasteiger partial charge in [-0.05, 0) is 12.8 Å². The van der Waals surface area contributed by atoms with Crippen molar-refractivity contribution in [2.45, 2.75) is 18.9 Å². The van der Waals surface area contributed by atoms with Crippen molar-refractivity contribution in [3.05, 3.63) is 0 Å². The minimum absolute atomic E-state index is 0.0570. The fraction of sp³-hybridized carbons (Fsp3) is 0.818. The highest BCUT2D eigenvalue weighted by Crippen LogP contribution is 2.18. The molecule has 1 saturated carbocycles. The van der Waals surface area contributed by atoms with Crippen molar-refractivity contribution in [3.8, 4) is 0 Å². The van der Waals surface area contributed by atoms with Crippen molar-refractivity contribution in [2.24, 2.45) is 0 Å². The molecule has 2 fully saturated rings. The van der Waals surface area contributed by atoms with Crippen molar-refractivity contribution in [2.75, 3.05) is 39.8 Å². The van der Waals surface area contributed by atoms with Gasteiger partial charge in [0, 0.05) is 39.3 Å². The van der Waals surface area contributed by atoms with E-state index < -0.39 is 0 Å². The van der Waals surface area contributed by atoms with Gasteiger partial charge < -0.3 is 20.4 Å². The summed E-state index contributed by atoms with van der Waals surface area (Å²) in [6.07, 6.45) is 2.14. The van der Waals surface area contributed by atoms with Crippen molar-refractivity contribution in [1.82, 2.24) is 20.4 Å². The SMILES string of the molecule is CN(CC(=O)NC1CC1)C(=O)N1CCNCC1. The smallest absolute Gasteiger partial charge is 0.320 e. The van der Waals surface area contributed by atoms with Crippen LogP contribution in [0.5, 0.6) is 0 Å². The molecule has 2 rings (SSSR count). The molecule has 0 spiro atoms. The van der Waals surface area contributed by atoms with Crippen molar-refractivity contribution in [1.29, 1.82) is 0 Å². The van der Waals surface area contributed by atoms with E-state index in [9.17, 15) is 9.59 Å². The predicted molar refractivity (Wildman–Crippen MR) is 63.6 cm³/mol. The minimum atomic E-state index is -0.0579. The third kappa shape index (κ3) is 3.59. The lowest BCUT2D eigenvalue weighted by molar-refractivity contribution is -0.121. The number of carbonyl (C=O) groups is 2. The van der Waals surface area contributed by atoms with Gasteiger partial charge in [0.15, 0.2) is 0 Å². The van der Waals surface area contributed by atoms with E-state index >= 15 is 0 Å². The van der Waals surface area contributed by atoms with Gasteiger partial charge in [0.05, 0.1) is 0 Å². The Kier molecular flexibility index (Phi) is 3.83. The molecular formula is C11H20N4O2. The minimum Gasteiger partial charge on any atom is -0.352 e. The molecule has 0 aromatic rings. The number of nitrogens with zero attached hydrogens (tertiary/aromatic N) is 2. The molecule has 96 valence electrons. The number of likely N-dealkylation sites (N-methyl/N-ethyl adjacent to an activating group) is 1. The Morgan fingerprint density at radius 1 is 1.35 bits per heavy atom. The fourth-order valence-corrected chi connectivity index (χ4v) is 1.88.